The molecular weight excluding hydrogens is 214 g/mol. The summed E-state index contributed by atoms with van der Waals surface area (Å²) in [6, 6.07) is 5.70. The van der Waals surface area contributed by atoms with Gasteiger partial charge in [0.25, 0.3) is 5.91 Å². The number of carbonyl (C=O) groups is 1. The molecule has 17 heavy (non-hydrogen) atoms. The SMILES string of the molecule is Cc1cccc(C(=O)N[C@@H]2CCC[C@H]2CN)n1. The molecule has 0 radical (unpaired) electrons. The smallest absolute Gasteiger partial charge is 0.270 e. The summed E-state index contributed by atoms with van der Waals surface area (Å²) in [7, 11) is 0. The van der Waals surface area contributed by atoms with Gasteiger partial charge in [0.05, 0.1) is 0 Å². The van der Waals surface area contributed by atoms with Gasteiger partial charge >= 0.3 is 0 Å². The van der Waals surface area contributed by atoms with Gasteiger partial charge in [0.15, 0.2) is 0 Å². The first-order valence-corrected chi connectivity index (χ1v) is 6.15. The van der Waals surface area contributed by atoms with Crippen LogP contribution in [0.25, 0.3) is 0 Å². The van der Waals surface area contributed by atoms with Gasteiger partial charge in [-0.3, -0.25) is 4.79 Å². The molecule has 0 spiro atoms. The molecule has 4 heteroatoms. The van der Waals surface area contributed by atoms with E-state index in [2.05, 4.69) is 10.3 Å². The summed E-state index contributed by atoms with van der Waals surface area (Å²) in [4.78, 5) is 16.2. The first-order valence-electron chi connectivity index (χ1n) is 6.15. The van der Waals surface area contributed by atoms with Crippen molar-refractivity contribution < 1.29 is 4.79 Å². The molecular formula is C13H19N3O. The van der Waals surface area contributed by atoms with Gasteiger partial charge in [-0.2, -0.15) is 0 Å². The lowest BCUT2D eigenvalue weighted by molar-refractivity contribution is 0.0923. The monoisotopic (exact) mass is 233 g/mol. The lowest BCUT2D eigenvalue weighted by Crippen LogP contribution is -2.40. The Hall–Kier alpha value is -1.42. The Morgan fingerprint density at radius 2 is 2.35 bits per heavy atom. The van der Waals surface area contributed by atoms with E-state index in [4.69, 9.17) is 5.73 Å². The molecule has 1 heterocycles. The number of pyridine rings is 1. The van der Waals surface area contributed by atoms with Gasteiger partial charge in [0.1, 0.15) is 5.69 Å². The highest BCUT2D eigenvalue weighted by Gasteiger charge is 2.27. The minimum Gasteiger partial charge on any atom is -0.348 e. The van der Waals surface area contributed by atoms with Crippen LogP contribution in [-0.2, 0) is 0 Å². The molecule has 1 aromatic rings. The number of rotatable bonds is 3. The lowest BCUT2D eigenvalue weighted by Gasteiger charge is -2.19. The minimum absolute atomic E-state index is 0.0842. The third-order valence-electron chi connectivity index (χ3n) is 3.40. The van der Waals surface area contributed by atoms with Crippen molar-refractivity contribution in [2.75, 3.05) is 6.54 Å². The highest BCUT2D eigenvalue weighted by molar-refractivity contribution is 5.92. The summed E-state index contributed by atoms with van der Waals surface area (Å²) >= 11 is 0. The number of aromatic nitrogens is 1. The Bertz CT molecular complexity index is 405. The highest BCUT2D eigenvalue weighted by Crippen LogP contribution is 2.24. The van der Waals surface area contributed by atoms with Gasteiger partial charge < -0.3 is 11.1 Å². The fraction of sp³-hybridized carbons (Fsp3) is 0.538. The predicted octanol–water partition coefficient (Wildman–Crippen LogP) is 1.25. The second kappa shape index (κ2) is 5.27. The zero-order valence-corrected chi connectivity index (χ0v) is 10.1. The average molecular weight is 233 g/mol. The largest absolute Gasteiger partial charge is 0.348 e. The Kier molecular flexibility index (Phi) is 3.74. The van der Waals surface area contributed by atoms with E-state index >= 15 is 0 Å². The minimum atomic E-state index is -0.0842. The zero-order chi connectivity index (χ0) is 12.3. The van der Waals surface area contributed by atoms with Crippen molar-refractivity contribution in [2.45, 2.75) is 32.2 Å². The molecule has 1 aliphatic rings. The molecule has 0 saturated heterocycles. The summed E-state index contributed by atoms with van der Waals surface area (Å²) in [5.41, 5.74) is 7.05. The Labute approximate surface area is 102 Å². The van der Waals surface area contributed by atoms with E-state index in [1.165, 1.54) is 0 Å². The quantitative estimate of drug-likeness (QED) is 0.825. The summed E-state index contributed by atoms with van der Waals surface area (Å²) < 4.78 is 0. The standard InChI is InChI=1S/C13H19N3O/c1-9-4-2-7-12(15-9)13(17)16-11-6-3-5-10(11)8-14/h2,4,7,10-11H,3,5-6,8,14H2,1H3,(H,16,17)/t10-,11+/m0/s1. The number of aryl methyl sites for hydroxylation is 1. The molecule has 0 bridgehead atoms. The van der Waals surface area contributed by atoms with Crippen molar-refractivity contribution in [3.8, 4) is 0 Å². The summed E-state index contributed by atoms with van der Waals surface area (Å²) in [6.07, 6.45) is 3.29. The third kappa shape index (κ3) is 2.82. The Balaban J connectivity index is 2.01. The summed E-state index contributed by atoms with van der Waals surface area (Å²) in [5, 5.41) is 3.04. The van der Waals surface area contributed by atoms with E-state index in [0.29, 0.717) is 18.2 Å². The van der Waals surface area contributed by atoms with E-state index in [-0.39, 0.29) is 11.9 Å². The number of nitrogens with zero attached hydrogens (tertiary/aromatic N) is 1. The van der Waals surface area contributed by atoms with E-state index in [1.807, 2.05) is 19.1 Å². The second-order valence-electron chi connectivity index (χ2n) is 4.67. The van der Waals surface area contributed by atoms with Gasteiger partial charge in [-0.25, -0.2) is 4.98 Å². The van der Waals surface area contributed by atoms with Gasteiger partial charge in [0.2, 0.25) is 0 Å². The van der Waals surface area contributed by atoms with E-state index in [9.17, 15) is 4.79 Å². The van der Waals surface area contributed by atoms with Crippen LogP contribution in [0, 0.1) is 12.8 Å². The molecule has 2 rings (SSSR count). The molecule has 0 aromatic carbocycles. The first kappa shape index (κ1) is 12.0. The third-order valence-corrected chi connectivity index (χ3v) is 3.40. The van der Waals surface area contributed by atoms with Crippen LogP contribution >= 0.6 is 0 Å². The zero-order valence-electron chi connectivity index (χ0n) is 10.1. The first-order chi connectivity index (χ1) is 8.20. The van der Waals surface area contributed by atoms with Crippen LogP contribution in [0.15, 0.2) is 18.2 Å². The van der Waals surface area contributed by atoms with Crippen LogP contribution in [0.3, 0.4) is 0 Å². The molecule has 2 atom stereocenters. The van der Waals surface area contributed by atoms with E-state index < -0.39 is 0 Å². The molecule has 1 amide bonds. The molecule has 1 aliphatic carbocycles. The molecule has 0 aliphatic heterocycles. The number of nitrogens with two attached hydrogens (primary N) is 1. The van der Waals surface area contributed by atoms with Crippen molar-refractivity contribution in [1.29, 1.82) is 0 Å². The van der Waals surface area contributed by atoms with Crippen molar-refractivity contribution >= 4 is 5.91 Å². The van der Waals surface area contributed by atoms with E-state index in [0.717, 1.165) is 25.0 Å². The van der Waals surface area contributed by atoms with Crippen LogP contribution in [0.2, 0.25) is 0 Å². The molecule has 92 valence electrons. The van der Waals surface area contributed by atoms with Gasteiger partial charge in [-0.1, -0.05) is 12.5 Å². The van der Waals surface area contributed by atoms with Gasteiger partial charge in [-0.05, 0) is 44.4 Å². The molecule has 3 N–H and O–H groups in total. The number of hydrogen-bond donors (Lipinski definition) is 2. The van der Waals surface area contributed by atoms with Crippen molar-refractivity contribution in [3.05, 3.63) is 29.6 Å². The van der Waals surface area contributed by atoms with Crippen LogP contribution in [0.5, 0.6) is 0 Å². The Morgan fingerprint density at radius 1 is 1.53 bits per heavy atom. The molecule has 0 unspecified atom stereocenters. The predicted molar refractivity (Wildman–Crippen MR) is 66.6 cm³/mol. The van der Waals surface area contributed by atoms with E-state index in [1.54, 1.807) is 6.07 Å². The normalized spacial score (nSPS) is 23.6. The maximum absolute atomic E-state index is 12.0. The van der Waals surface area contributed by atoms with Gasteiger partial charge in [0, 0.05) is 11.7 Å². The molecule has 4 nitrogen and oxygen atoms in total. The fourth-order valence-electron chi connectivity index (χ4n) is 2.42. The lowest BCUT2D eigenvalue weighted by atomic mass is 10.0. The maximum atomic E-state index is 12.0. The van der Waals surface area contributed by atoms with Crippen molar-refractivity contribution in [1.82, 2.24) is 10.3 Å². The van der Waals surface area contributed by atoms with Crippen LogP contribution in [0.1, 0.15) is 35.4 Å². The van der Waals surface area contributed by atoms with Crippen LogP contribution in [0.4, 0.5) is 0 Å². The molecule has 1 aromatic heterocycles. The summed E-state index contributed by atoms with van der Waals surface area (Å²) in [6.45, 7) is 2.53. The van der Waals surface area contributed by atoms with Gasteiger partial charge in [-0.15, -0.1) is 0 Å². The number of hydrogen-bond acceptors (Lipinski definition) is 3. The van der Waals surface area contributed by atoms with Crippen molar-refractivity contribution in [2.24, 2.45) is 11.7 Å². The van der Waals surface area contributed by atoms with Crippen molar-refractivity contribution in [3.63, 3.8) is 0 Å². The second-order valence-corrected chi connectivity index (χ2v) is 4.67. The maximum Gasteiger partial charge on any atom is 0.270 e. The van der Waals surface area contributed by atoms with Crippen LogP contribution < -0.4 is 11.1 Å². The fourth-order valence-corrected chi connectivity index (χ4v) is 2.42. The number of carbonyl (C=O) groups excluding carboxylic acids is 1. The highest BCUT2D eigenvalue weighted by atomic mass is 16.1. The molecule has 1 fully saturated rings. The number of nitrogens with one attached hydrogen (secondary N) is 1. The topological polar surface area (TPSA) is 68.0 Å². The summed E-state index contributed by atoms with van der Waals surface area (Å²) in [5.74, 6) is 0.336. The van der Waals surface area contributed by atoms with Crippen LogP contribution in [-0.4, -0.2) is 23.5 Å². The Morgan fingerprint density at radius 3 is 3.06 bits per heavy atom. The number of amides is 1. The average Bonchev–Trinajstić information content (AvgIpc) is 2.76. The molecule has 1 saturated carbocycles.